The molecule has 0 aliphatic carbocycles. The van der Waals surface area contributed by atoms with Crippen LogP contribution in [0, 0.1) is 13.8 Å². The number of nitrogens with zero attached hydrogens (tertiary/aromatic N) is 1. The van der Waals surface area contributed by atoms with Crippen LogP contribution in [-0.2, 0) is 4.74 Å². The molecule has 0 bridgehead atoms. The Morgan fingerprint density at radius 2 is 1.75 bits per heavy atom. The molecule has 3 nitrogen and oxygen atoms in total. The fraction of sp³-hybridized carbons (Fsp3) is 0.438. The maximum absolute atomic E-state index is 12.1. The molecule has 0 aromatic heterocycles. The molecular weight excluding hydrogens is 270 g/mol. The predicted octanol–water partition coefficient (Wildman–Crippen LogP) is 4.58. The van der Waals surface area contributed by atoms with Gasteiger partial charge in [0.15, 0.2) is 0 Å². The van der Waals surface area contributed by atoms with Crippen molar-refractivity contribution in [3.05, 3.63) is 34.2 Å². The maximum atomic E-state index is 12.1. The number of rotatable bonds is 2. The highest BCUT2D eigenvalue weighted by Gasteiger charge is 2.21. The van der Waals surface area contributed by atoms with E-state index in [-0.39, 0.29) is 6.09 Å². The normalized spacial score (nSPS) is 11.8. The van der Waals surface area contributed by atoms with Crippen molar-refractivity contribution in [2.24, 2.45) is 0 Å². The summed E-state index contributed by atoms with van der Waals surface area (Å²) >= 11 is 4.11. The number of carbonyl (C=O) groups excluding carboxylic acids is 1. The molecular formula is C16H23NO2S. The summed E-state index contributed by atoms with van der Waals surface area (Å²) in [4.78, 5) is 13.6. The van der Waals surface area contributed by atoms with Gasteiger partial charge in [0.1, 0.15) is 5.60 Å². The molecule has 0 radical (unpaired) electrons. The van der Waals surface area contributed by atoms with Crippen LogP contribution in [0.1, 0.15) is 37.5 Å². The van der Waals surface area contributed by atoms with Gasteiger partial charge < -0.3 is 4.74 Å². The number of amides is 1. The second-order valence-electron chi connectivity index (χ2n) is 5.85. The second kappa shape index (κ2) is 6.35. The van der Waals surface area contributed by atoms with Crippen LogP contribution in [-0.4, -0.2) is 18.7 Å². The van der Waals surface area contributed by atoms with E-state index < -0.39 is 5.60 Å². The van der Waals surface area contributed by atoms with Crippen LogP contribution >= 0.6 is 12.6 Å². The fourth-order valence-electron chi connectivity index (χ4n) is 1.92. The Hall–Kier alpha value is -1.42. The molecule has 0 fully saturated rings. The van der Waals surface area contributed by atoms with Crippen LogP contribution in [0.3, 0.4) is 0 Å². The quantitative estimate of drug-likeness (QED) is 0.809. The summed E-state index contributed by atoms with van der Waals surface area (Å²) in [5.41, 5.74) is 3.65. The van der Waals surface area contributed by atoms with E-state index in [9.17, 15) is 4.79 Å². The van der Waals surface area contributed by atoms with Crippen LogP contribution < -0.4 is 4.90 Å². The molecule has 1 aromatic rings. The van der Waals surface area contributed by atoms with Gasteiger partial charge >= 0.3 is 6.09 Å². The lowest BCUT2D eigenvalue weighted by molar-refractivity contribution is 0.0589. The molecule has 20 heavy (non-hydrogen) atoms. The molecule has 0 saturated heterocycles. The summed E-state index contributed by atoms with van der Waals surface area (Å²) in [6.07, 6.45) is 1.60. The highest BCUT2D eigenvalue weighted by atomic mass is 32.1. The molecule has 4 heteroatoms. The van der Waals surface area contributed by atoms with Crippen LogP contribution in [0.15, 0.2) is 17.5 Å². The second-order valence-corrected chi connectivity index (χ2v) is 6.15. The van der Waals surface area contributed by atoms with Crippen LogP contribution in [0.2, 0.25) is 0 Å². The third kappa shape index (κ3) is 4.30. The van der Waals surface area contributed by atoms with Crippen molar-refractivity contribution in [2.75, 3.05) is 11.9 Å². The van der Waals surface area contributed by atoms with Crippen molar-refractivity contribution in [3.8, 4) is 0 Å². The van der Waals surface area contributed by atoms with E-state index in [0.29, 0.717) is 0 Å². The van der Waals surface area contributed by atoms with Crippen molar-refractivity contribution >= 4 is 30.5 Å². The highest BCUT2D eigenvalue weighted by Crippen LogP contribution is 2.25. The molecule has 0 aliphatic heterocycles. The van der Waals surface area contributed by atoms with Crippen molar-refractivity contribution in [1.82, 2.24) is 0 Å². The topological polar surface area (TPSA) is 29.5 Å². The van der Waals surface area contributed by atoms with E-state index in [1.807, 2.05) is 52.8 Å². The molecule has 0 aliphatic rings. The molecule has 0 N–H and O–H groups in total. The first-order valence-corrected chi connectivity index (χ1v) is 7.06. The minimum Gasteiger partial charge on any atom is -0.443 e. The average Bonchev–Trinajstić information content (AvgIpc) is 2.30. The third-order valence-corrected chi connectivity index (χ3v) is 3.02. The summed E-state index contributed by atoms with van der Waals surface area (Å²) in [5.74, 6) is 0. The number of aryl methyl sites for hydroxylation is 2. The van der Waals surface area contributed by atoms with Gasteiger partial charge in [-0.25, -0.2) is 4.79 Å². The Kier molecular flexibility index (Phi) is 5.28. The zero-order valence-electron chi connectivity index (χ0n) is 13.0. The molecule has 0 heterocycles. The maximum Gasteiger partial charge on any atom is 0.414 e. The molecule has 1 aromatic carbocycles. The van der Waals surface area contributed by atoms with Crippen LogP contribution in [0.5, 0.6) is 0 Å². The summed E-state index contributed by atoms with van der Waals surface area (Å²) in [5, 5.41) is 1.71. The smallest absolute Gasteiger partial charge is 0.414 e. The van der Waals surface area contributed by atoms with Crippen molar-refractivity contribution < 1.29 is 9.53 Å². The number of anilines is 1. The largest absolute Gasteiger partial charge is 0.443 e. The highest BCUT2D eigenvalue weighted by molar-refractivity contribution is 7.83. The van der Waals surface area contributed by atoms with E-state index in [2.05, 4.69) is 12.6 Å². The number of hydrogen-bond acceptors (Lipinski definition) is 3. The van der Waals surface area contributed by atoms with E-state index in [0.717, 1.165) is 22.4 Å². The van der Waals surface area contributed by atoms with Gasteiger partial charge in [0.25, 0.3) is 0 Å². The number of thiol groups is 1. The predicted molar refractivity (Wildman–Crippen MR) is 88.6 cm³/mol. The van der Waals surface area contributed by atoms with Gasteiger partial charge in [0.2, 0.25) is 0 Å². The van der Waals surface area contributed by atoms with Crippen molar-refractivity contribution in [2.45, 2.75) is 40.2 Å². The molecule has 0 spiro atoms. The monoisotopic (exact) mass is 293 g/mol. The summed E-state index contributed by atoms with van der Waals surface area (Å²) in [7, 11) is 1.72. The first-order valence-electron chi connectivity index (χ1n) is 6.54. The lowest BCUT2D eigenvalue weighted by atomic mass is 10.0. The van der Waals surface area contributed by atoms with Gasteiger partial charge in [0, 0.05) is 12.7 Å². The van der Waals surface area contributed by atoms with Crippen LogP contribution in [0.25, 0.3) is 6.08 Å². The molecule has 0 saturated carbocycles. The standard InChI is InChI=1S/C16H23NO2S/c1-11-9-13(10-12(2)14(11)7-8-20)17(6)15(18)19-16(3,4)5/h7-10,20H,1-6H3/b8-7+. The Morgan fingerprint density at radius 3 is 2.15 bits per heavy atom. The number of ether oxygens (including phenoxy) is 1. The van der Waals surface area contributed by atoms with Crippen LogP contribution in [0.4, 0.5) is 10.5 Å². The summed E-state index contributed by atoms with van der Waals surface area (Å²) in [6.45, 7) is 9.60. The Bertz CT molecular complexity index is 507. The molecule has 0 atom stereocenters. The third-order valence-electron chi connectivity index (χ3n) is 2.87. The first kappa shape index (κ1) is 16.6. The summed E-state index contributed by atoms with van der Waals surface area (Å²) < 4.78 is 5.37. The molecule has 1 rings (SSSR count). The Labute approximate surface area is 127 Å². The molecule has 0 unspecified atom stereocenters. The Balaban J connectivity index is 3.06. The molecule has 110 valence electrons. The number of carbonyl (C=O) groups is 1. The zero-order chi connectivity index (χ0) is 15.5. The van der Waals surface area contributed by atoms with Gasteiger partial charge in [-0.2, -0.15) is 12.6 Å². The summed E-state index contributed by atoms with van der Waals surface area (Å²) in [6, 6.07) is 3.94. The first-order chi connectivity index (χ1) is 9.15. The average molecular weight is 293 g/mol. The van der Waals surface area contributed by atoms with E-state index in [4.69, 9.17) is 4.74 Å². The van der Waals surface area contributed by atoms with Gasteiger partial charge in [0.05, 0.1) is 0 Å². The van der Waals surface area contributed by atoms with Gasteiger partial charge in [-0.1, -0.05) is 0 Å². The number of hydrogen-bond donors (Lipinski definition) is 1. The van der Waals surface area contributed by atoms with Crippen molar-refractivity contribution in [3.63, 3.8) is 0 Å². The number of benzene rings is 1. The van der Waals surface area contributed by atoms with E-state index in [1.54, 1.807) is 12.5 Å². The minimum absolute atomic E-state index is 0.353. The van der Waals surface area contributed by atoms with Gasteiger partial charge in [-0.05, 0) is 74.9 Å². The zero-order valence-corrected chi connectivity index (χ0v) is 13.9. The lowest BCUT2D eigenvalue weighted by Gasteiger charge is -2.25. The van der Waals surface area contributed by atoms with Crippen molar-refractivity contribution in [1.29, 1.82) is 0 Å². The Morgan fingerprint density at radius 1 is 1.25 bits per heavy atom. The van der Waals surface area contributed by atoms with E-state index >= 15 is 0 Å². The van der Waals surface area contributed by atoms with Gasteiger partial charge in [-0.3, -0.25) is 4.90 Å². The SMILES string of the molecule is Cc1cc(N(C)C(=O)OC(C)(C)C)cc(C)c1/C=C/S. The van der Waals surface area contributed by atoms with Gasteiger partial charge in [-0.15, -0.1) is 0 Å². The lowest BCUT2D eigenvalue weighted by Crippen LogP contribution is -2.34. The van der Waals surface area contributed by atoms with E-state index in [1.165, 1.54) is 4.90 Å². The molecule has 1 amide bonds. The fourth-order valence-corrected chi connectivity index (χ4v) is 2.07. The minimum atomic E-state index is -0.496.